The van der Waals surface area contributed by atoms with Crippen LogP contribution < -0.4 is 16.2 Å². The fourth-order valence-electron chi connectivity index (χ4n) is 1.68. The molecule has 1 aromatic heterocycles. The Morgan fingerprint density at radius 1 is 1.32 bits per heavy atom. The molecular weight excluding hydrogens is 244 g/mol. The van der Waals surface area contributed by atoms with Gasteiger partial charge in [-0.3, -0.25) is 9.48 Å². The minimum Gasteiger partial charge on any atom is -0.494 e. The quantitative estimate of drug-likeness (QED) is 0.758. The van der Waals surface area contributed by atoms with Gasteiger partial charge >= 0.3 is 0 Å². The van der Waals surface area contributed by atoms with Crippen molar-refractivity contribution >= 4 is 11.6 Å². The molecule has 1 heterocycles. The summed E-state index contributed by atoms with van der Waals surface area (Å²) >= 11 is 0. The van der Waals surface area contributed by atoms with Crippen molar-refractivity contribution in [2.45, 2.75) is 13.0 Å². The van der Waals surface area contributed by atoms with E-state index in [1.165, 1.54) is 0 Å². The highest BCUT2D eigenvalue weighted by molar-refractivity contribution is 5.95. The molecule has 2 rings (SSSR count). The summed E-state index contributed by atoms with van der Waals surface area (Å²) in [5, 5.41) is 4.02. The largest absolute Gasteiger partial charge is 0.494 e. The van der Waals surface area contributed by atoms with E-state index in [-0.39, 0.29) is 5.69 Å². The van der Waals surface area contributed by atoms with Gasteiger partial charge in [-0.15, -0.1) is 0 Å². The molecule has 0 unspecified atom stereocenters. The molecule has 1 aromatic carbocycles. The molecule has 6 heteroatoms. The lowest BCUT2D eigenvalue weighted by atomic mass is 10.3. The number of amides is 1. The number of hydrogen-bond donors (Lipinski definition) is 2. The van der Waals surface area contributed by atoms with Crippen molar-refractivity contribution in [3.63, 3.8) is 0 Å². The molecule has 0 aliphatic heterocycles. The predicted molar refractivity (Wildman–Crippen MR) is 71.7 cm³/mol. The van der Waals surface area contributed by atoms with E-state index in [1.807, 2.05) is 30.3 Å². The molecule has 6 nitrogen and oxygen atoms in total. The molecule has 0 radical (unpaired) electrons. The zero-order valence-corrected chi connectivity index (χ0v) is 10.5. The molecule has 1 amide bonds. The Bertz CT molecular complexity index is 551. The lowest BCUT2D eigenvalue weighted by Gasteiger charge is -2.05. The highest BCUT2D eigenvalue weighted by atomic mass is 16.5. The van der Waals surface area contributed by atoms with Crippen molar-refractivity contribution in [3.8, 4) is 5.75 Å². The summed E-state index contributed by atoms with van der Waals surface area (Å²) in [7, 11) is 0. The van der Waals surface area contributed by atoms with Gasteiger partial charge in [-0.2, -0.15) is 5.10 Å². The number of aromatic nitrogens is 2. The van der Waals surface area contributed by atoms with Gasteiger partial charge in [0.2, 0.25) is 0 Å². The van der Waals surface area contributed by atoms with E-state index in [1.54, 1.807) is 10.9 Å². The van der Waals surface area contributed by atoms with Crippen LogP contribution in [0.5, 0.6) is 5.75 Å². The van der Waals surface area contributed by atoms with E-state index in [4.69, 9.17) is 16.2 Å². The van der Waals surface area contributed by atoms with Gasteiger partial charge in [0, 0.05) is 19.2 Å². The Kier molecular flexibility index (Phi) is 4.02. The molecule has 0 atom stereocenters. The third kappa shape index (κ3) is 3.48. The van der Waals surface area contributed by atoms with Gasteiger partial charge < -0.3 is 16.2 Å². The van der Waals surface area contributed by atoms with Crippen LogP contribution in [0.2, 0.25) is 0 Å². The first-order valence-corrected chi connectivity index (χ1v) is 5.97. The van der Waals surface area contributed by atoms with Crippen molar-refractivity contribution in [1.82, 2.24) is 9.78 Å². The second-order valence-electron chi connectivity index (χ2n) is 4.08. The highest BCUT2D eigenvalue weighted by Crippen LogP contribution is 2.10. The minimum absolute atomic E-state index is 0.115. The molecule has 0 spiro atoms. The monoisotopic (exact) mass is 260 g/mol. The Balaban J connectivity index is 1.80. The summed E-state index contributed by atoms with van der Waals surface area (Å²) in [6.07, 6.45) is 2.36. The maximum Gasteiger partial charge on any atom is 0.271 e. The fraction of sp³-hybridized carbons (Fsp3) is 0.231. The Hall–Kier alpha value is -2.50. The molecule has 0 saturated carbocycles. The van der Waals surface area contributed by atoms with E-state index in [0.29, 0.717) is 18.8 Å². The van der Waals surface area contributed by atoms with Gasteiger partial charge in [0.05, 0.1) is 12.3 Å². The first-order valence-electron chi connectivity index (χ1n) is 5.97. The van der Waals surface area contributed by atoms with E-state index in [9.17, 15) is 4.79 Å². The zero-order valence-electron chi connectivity index (χ0n) is 10.5. The second kappa shape index (κ2) is 5.90. The van der Waals surface area contributed by atoms with Gasteiger partial charge in [0.25, 0.3) is 5.91 Å². The number of aryl methyl sites for hydroxylation is 1. The van der Waals surface area contributed by atoms with Crippen molar-refractivity contribution < 1.29 is 9.53 Å². The van der Waals surface area contributed by atoms with Crippen molar-refractivity contribution in [1.29, 1.82) is 0 Å². The molecule has 0 aliphatic carbocycles. The number of nitrogens with two attached hydrogens (primary N) is 2. The van der Waals surface area contributed by atoms with Crippen LogP contribution in [0.1, 0.15) is 16.9 Å². The number of ether oxygens (including phenoxy) is 1. The number of primary amides is 1. The van der Waals surface area contributed by atoms with Crippen LogP contribution in [-0.2, 0) is 6.54 Å². The molecule has 19 heavy (non-hydrogen) atoms. The summed E-state index contributed by atoms with van der Waals surface area (Å²) < 4.78 is 7.15. The third-order valence-electron chi connectivity index (χ3n) is 2.57. The number of nitrogen functional groups attached to an aromatic ring is 1. The SMILES string of the molecule is NC(=O)c1nn(CCCOc2ccccc2)cc1N. The van der Waals surface area contributed by atoms with Crippen LogP contribution in [0.25, 0.3) is 0 Å². The molecular formula is C13H16N4O2. The molecule has 0 aliphatic rings. The number of rotatable bonds is 6. The summed E-state index contributed by atoms with van der Waals surface area (Å²) in [6, 6.07) is 9.57. The molecule has 0 saturated heterocycles. The summed E-state index contributed by atoms with van der Waals surface area (Å²) in [4.78, 5) is 11.0. The first-order chi connectivity index (χ1) is 9.16. The number of carbonyl (C=O) groups is 1. The second-order valence-corrected chi connectivity index (χ2v) is 4.08. The third-order valence-corrected chi connectivity index (χ3v) is 2.57. The number of anilines is 1. The van der Waals surface area contributed by atoms with E-state index in [2.05, 4.69) is 5.10 Å². The molecule has 100 valence electrons. The molecule has 0 fully saturated rings. The lowest BCUT2D eigenvalue weighted by molar-refractivity contribution is 0.0995. The van der Waals surface area contributed by atoms with Crippen molar-refractivity contribution in [2.24, 2.45) is 5.73 Å². The van der Waals surface area contributed by atoms with E-state index >= 15 is 0 Å². The average Bonchev–Trinajstić information content (AvgIpc) is 2.77. The Morgan fingerprint density at radius 3 is 2.68 bits per heavy atom. The normalized spacial score (nSPS) is 10.3. The predicted octanol–water partition coefficient (Wildman–Crippen LogP) is 1.03. The maximum absolute atomic E-state index is 11.0. The number of carbonyl (C=O) groups excluding carboxylic acids is 1. The smallest absolute Gasteiger partial charge is 0.271 e. The summed E-state index contributed by atoms with van der Waals surface area (Å²) in [5.74, 6) is 0.220. The van der Waals surface area contributed by atoms with Crippen LogP contribution in [-0.4, -0.2) is 22.3 Å². The van der Waals surface area contributed by atoms with Crippen LogP contribution in [0.15, 0.2) is 36.5 Å². The molecule has 2 aromatic rings. The number of para-hydroxylation sites is 1. The topological polar surface area (TPSA) is 96.2 Å². The van der Waals surface area contributed by atoms with Gasteiger partial charge in [0.1, 0.15) is 5.75 Å². The van der Waals surface area contributed by atoms with Crippen LogP contribution in [0.4, 0.5) is 5.69 Å². The minimum atomic E-state index is -0.614. The Morgan fingerprint density at radius 2 is 2.05 bits per heavy atom. The van der Waals surface area contributed by atoms with E-state index < -0.39 is 5.91 Å². The lowest BCUT2D eigenvalue weighted by Crippen LogP contribution is -2.14. The van der Waals surface area contributed by atoms with Crippen LogP contribution in [0.3, 0.4) is 0 Å². The summed E-state index contributed by atoms with van der Waals surface area (Å²) in [5.41, 5.74) is 11.2. The highest BCUT2D eigenvalue weighted by Gasteiger charge is 2.10. The van der Waals surface area contributed by atoms with Crippen molar-refractivity contribution in [2.75, 3.05) is 12.3 Å². The average molecular weight is 260 g/mol. The van der Waals surface area contributed by atoms with Gasteiger partial charge in [-0.1, -0.05) is 18.2 Å². The number of hydrogen-bond acceptors (Lipinski definition) is 4. The van der Waals surface area contributed by atoms with Gasteiger partial charge in [-0.25, -0.2) is 0 Å². The van der Waals surface area contributed by atoms with Gasteiger partial charge in [0.15, 0.2) is 5.69 Å². The van der Waals surface area contributed by atoms with Gasteiger partial charge in [-0.05, 0) is 12.1 Å². The van der Waals surface area contributed by atoms with Crippen LogP contribution in [0, 0.1) is 0 Å². The first kappa shape index (κ1) is 12.9. The maximum atomic E-state index is 11.0. The number of benzene rings is 1. The standard InChI is InChI=1S/C13H16N4O2/c14-11-9-17(16-12(11)13(15)18)7-4-8-19-10-5-2-1-3-6-10/h1-3,5-6,9H,4,7-8,14H2,(H2,15,18). The number of nitrogens with zero attached hydrogens (tertiary/aromatic N) is 2. The van der Waals surface area contributed by atoms with Crippen LogP contribution >= 0.6 is 0 Å². The Labute approximate surface area is 111 Å². The molecule has 4 N–H and O–H groups in total. The van der Waals surface area contributed by atoms with Crippen molar-refractivity contribution in [3.05, 3.63) is 42.2 Å². The van der Waals surface area contributed by atoms with E-state index in [0.717, 1.165) is 12.2 Å². The zero-order chi connectivity index (χ0) is 13.7. The summed E-state index contributed by atoms with van der Waals surface area (Å²) in [6.45, 7) is 1.18. The molecule has 0 bridgehead atoms. The fourth-order valence-corrected chi connectivity index (χ4v) is 1.68.